The number of hydrogen-bond acceptors (Lipinski definition) is 3. The Morgan fingerprint density at radius 2 is 2.00 bits per heavy atom. The van der Waals surface area contributed by atoms with Crippen LogP contribution in [0.2, 0.25) is 0 Å². The standard InChI is InChI=1S/C22H31N3O2/c1-4-15-25(20(26)14-13-17-9-5-6-10-17)16(2)21-23-19-12-8-7-11-18(19)22(27)24(21)3/h7-8,11-12,16-17H,4-6,9-10,13-15H2,1-3H3. The molecule has 1 saturated carbocycles. The number of hydrogen-bond donors (Lipinski definition) is 0. The molecule has 0 spiro atoms. The van der Waals surface area contributed by atoms with Crippen molar-refractivity contribution < 1.29 is 4.79 Å². The number of carbonyl (C=O) groups is 1. The van der Waals surface area contributed by atoms with Gasteiger partial charge < -0.3 is 4.90 Å². The number of fused-ring (bicyclic) bond motifs is 1. The Balaban J connectivity index is 1.84. The molecule has 146 valence electrons. The smallest absolute Gasteiger partial charge is 0.261 e. The van der Waals surface area contributed by atoms with Crippen LogP contribution in [0.5, 0.6) is 0 Å². The van der Waals surface area contributed by atoms with Gasteiger partial charge in [0.1, 0.15) is 5.82 Å². The molecule has 1 amide bonds. The second kappa shape index (κ2) is 8.68. The Labute approximate surface area is 161 Å². The van der Waals surface area contributed by atoms with E-state index in [1.165, 1.54) is 25.7 Å². The first kappa shape index (κ1) is 19.6. The highest BCUT2D eigenvalue weighted by atomic mass is 16.2. The van der Waals surface area contributed by atoms with Crippen LogP contribution in [0.3, 0.4) is 0 Å². The van der Waals surface area contributed by atoms with E-state index in [4.69, 9.17) is 4.98 Å². The molecule has 1 unspecified atom stereocenters. The molecule has 0 N–H and O–H groups in total. The summed E-state index contributed by atoms with van der Waals surface area (Å²) in [6.07, 6.45) is 7.59. The van der Waals surface area contributed by atoms with Gasteiger partial charge in [0, 0.05) is 20.0 Å². The summed E-state index contributed by atoms with van der Waals surface area (Å²) in [4.78, 5) is 32.3. The number of rotatable bonds is 7. The molecule has 1 aromatic carbocycles. The lowest BCUT2D eigenvalue weighted by Gasteiger charge is -2.30. The lowest BCUT2D eigenvalue weighted by Crippen LogP contribution is -2.37. The molecule has 27 heavy (non-hydrogen) atoms. The topological polar surface area (TPSA) is 55.2 Å². The van der Waals surface area contributed by atoms with Gasteiger partial charge in [0.2, 0.25) is 5.91 Å². The van der Waals surface area contributed by atoms with Crippen LogP contribution in [0.15, 0.2) is 29.1 Å². The Bertz CT molecular complexity index is 852. The van der Waals surface area contributed by atoms with E-state index in [9.17, 15) is 9.59 Å². The van der Waals surface area contributed by atoms with E-state index in [0.29, 0.717) is 35.6 Å². The number of nitrogens with zero attached hydrogens (tertiary/aromatic N) is 3. The summed E-state index contributed by atoms with van der Waals surface area (Å²) in [7, 11) is 1.75. The highest BCUT2D eigenvalue weighted by Gasteiger charge is 2.25. The number of para-hydroxylation sites is 1. The Morgan fingerprint density at radius 1 is 1.30 bits per heavy atom. The Morgan fingerprint density at radius 3 is 2.70 bits per heavy atom. The van der Waals surface area contributed by atoms with E-state index in [0.717, 1.165) is 12.8 Å². The van der Waals surface area contributed by atoms with E-state index < -0.39 is 0 Å². The maximum Gasteiger partial charge on any atom is 0.261 e. The molecule has 1 aliphatic carbocycles. The van der Waals surface area contributed by atoms with Crippen molar-refractivity contribution in [2.24, 2.45) is 13.0 Å². The third-order valence-electron chi connectivity index (χ3n) is 5.88. The van der Waals surface area contributed by atoms with E-state index >= 15 is 0 Å². The molecule has 5 heteroatoms. The number of carbonyl (C=O) groups excluding carboxylic acids is 1. The molecule has 0 aliphatic heterocycles. The molecule has 0 radical (unpaired) electrons. The van der Waals surface area contributed by atoms with Crippen molar-refractivity contribution in [3.05, 3.63) is 40.4 Å². The highest BCUT2D eigenvalue weighted by Crippen LogP contribution is 2.29. The molecular formula is C22H31N3O2. The summed E-state index contributed by atoms with van der Waals surface area (Å²) in [5.41, 5.74) is 0.634. The van der Waals surface area contributed by atoms with Crippen LogP contribution in [0, 0.1) is 5.92 Å². The first-order chi connectivity index (χ1) is 13.0. The molecule has 1 atom stereocenters. The highest BCUT2D eigenvalue weighted by molar-refractivity contribution is 5.78. The van der Waals surface area contributed by atoms with Gasteiger partial charge in [-0.2, -0.15) is 0 Å². The van der Waals surface area contributed by atoms with E-state index in [2.05, 4.69) is 6.92 Å². The van der Waals surface area contributed by atoms with E-state index in [1.807, 2.05) is 30.0 Å². The van der Waals surface area contributed by atoms with Crippen LogP contribution < -0.4 is 5.56 Å². The number of aromatic nitrogens is 2. The molecule has 0 saturated heterocycles. The molecule has 1 fully saturated rings. The molecule has 2 aromatic rings. The zero-order valence-electron chi connectivity index (χ0n) is 16.8. The lowest BCUT2D eigenvalue weighted by atomic mass is 10.0. The molecular weight excluding hydrogens is 338 g/mol. The first-order valence-corrected chi connectivity index (χ1v) is 10.3. The summed E-state index contributed by atoms with van der Waals surface area (Å²) < 4.78 is 1.60. The zero-order valence-corrected chi connectivity index (χ0v) is 16.8. The maximum absolute atomic E-state index is 13.0. The van der Waals surface area contributed by atoms with Crippen LogP contribution in [0.4, 0.5) is 0 Å². The van der Waals surface area contributed by atoms with Crippen molar-refractivity contribution in [1.29, 1.82) is 0 Å². The fourth-order valence-electron chi connectivity index (χ4n) is 4.29. The first-order valence-electron chi connectivity index (χ1n) is 10.3. The van der Waals surface area contributed by atoms with Gasteiger partial charge in [-0.3, -0.25) is 14.2 Å². The van der Waals surface area contributed by atoms with Crippen molar-refractivity contribution in [3.8, 4) is 0 Å². The zero-order chi connectivity index (χ0) is 19.4. The van der Waals surface area contributed by atoms with Gasteiger partial charge in [-0.15, -0.1) is 0 Å². The second-order valence-electron chi connectivity index (χ2n) is 7.80. The van der Waals surface area contributed by atoms with Crippen LogP contribution in [0.25, 0.3) is 10.9 Å². The summed E-state index contributed by atoms with van der Waals surface area (Å²) in [6, 6.07) is 7.18. The normalized spacial score (nSPS) is 16.0. The van der Waals surface area contributed by atoms with E-state index in [1.54, 1.807) is 17.7 Å². The molecule has 0 bridgehead atoms. The van der Waals surface area contributed by atoms with Gasteiger partial charge in [0.25, 0.3) is 5.56 Å². The van der Waals surface area contributed by atoms with Gasteiger partial charge in [-0.1, -0.05) is 44.7 Å². The van der Waals surface area contributed by atoms with Crippen molar-refractivity contribution in [2.75, 3.05) is 6.54 Å². The quantitative estimate of drug-likeness (QED) is 0.735. The van der Waals surface area contributed by atoms with Gasteiger partial charge >= 0.3 is 0 Å². The number of benzene rings is 1. The Kier molecular flexibility index (Phi) is 6.30. The van der Waals surface area contributed by atoms with Gasteiger partial charge in [-0.05, 0) is 37.8 Å². The molecule has 5 nitrogen and oxygen atoms in total. The van der Waals surface area contributed by atoms with Crippen molar-refractivity contribution in [2.45, 2.75) is 64.8 Å². The van der Waals surface area contributed by atoms with Crippen LogP contribution in [0.1, 0.15) is 70.7 Å². The predicted octanol–water partition coefficient (Wildman–Crippen LogP) is 4.20. The van der Waals surface area contributed by atoms with Crippen molar-refractivity contribution in [1.82, 2.24) is 14.5 Å². The molecule has 3 rings (SSSR count). The third-order valence-corrected chi connectivity index (χ3v) is 5.88. The molecule has 1 aliphatic rings. The van der Waals surface area contributed by atoms with E-state index in [-0.39, 0.29) is 17.5 Å². The minimum atomic E-state index is -0.219. The summed E-state index contributed by atoms with van der Waals surface area (Å²) in [5.74, 6) is 1.54. The number of amides is 1. The lowest BCUT2D eigenvalue weighted by molar-refractivity contribution is -0.134. The molecule has 1 aromatic heterocycles. The minimum Gasteiger partial charge on any atom is -0.333 e. The summed E-state index contributed by atoms with van der Waals surface area (Å²) in [6.45, 7) is 4.75. The van der Waals surface area contributed by atoms with Crippen molar-refractivity contribution in [3.63, 3.8) is 0 Å². The molecule has 1 heterocycles. The summed E-state index contributed by atoms with van der Waals surface area (Å²) >= 11 is 0. The fraction of sp³-hybridized carbons (Fsp3) is 0.591. The van der Waals surface area contributed by atoms with Gasteiger partial charge in [-0.25, -0.2) is 4.98 Å². The van der Waals surface area contributed by atoms with Crippen molar-refractivity contribution >= 4 is 16.8 Å². The van der Waals surface area contributed by atoms with Crippen LogP contribution >= 0.6 is 0 Å². The second-order valence-corrected chi connectivity index (χ2v) is 7.80. The average molecular weight is 370 g/mol. The maximum atomic E-state index is 13.0. The van der Waals surface area contributed by atoms with Crippen LogP contribution in [-0.4, -0.2) is 26.9 Å². The monoisotopic (exact) mass is 369 g/mol. The van der Waals surface area contributed by atoms with Gasteiger partial charge in [0.05, 0.1) is 16.9 Å². The van der Waals surface area contributed by atoms with Gasteiger partial charge in [0.15, 0.2) is 0 Å². The third kappa shape index (κ3) is 4.23. The van der Waals surface area contributed by atoms with Crippen LogP contribution in [-0.2, 0) is 11.8 Å². The SMILES string of the molecule is CCCN(C(=O)CCC1CCCC1)C(C)c1nc2ccccc2c(=O)n1C. The fourth-order valence-corrected chi connectivity index (χ4v) is 4.29. The predicted molar refractivity (Wildman–Crippen MR) is 109 cm³/mol. The largest absolute Gasteiger partial charge is 0.333 e. The average Bonchev–Trinajstić information content (AvgIpc) is 3.20. The minimum absolute atomic E-state index is 0.0581. The Hall–Kier alpha value is -2.17. The summed E-state index contributed by atoms with van der Waals surface area (Å²) in [5, 5.41) is 0.616.